The summed E-state index contributed by atoms with van der Waals surface area (Å²) in [6, 6.07) is 8.31. The van der Waals surface area contributed by atoms with Gasteiger partial charge in [0.05, 0.1) is 24.2 Å². The Kier molecular flexibility index (Phi) is 4.19. The Labute approximate surface area is 128 Å². The van der Waals surface area contributed by atoms with Gasteiger partial charge in [0.1, 0.15) is 5.82 Å². The fourth-order valence-electron chi connectivity index (χ4n) is 2.50. The molecular formula is C15H15FN2O3S. The van der Waals surface area contributed by atoms with Gasteiger partial charge < -0.3 is 4.74 Å². The van der Waals surface area contributed by atoms with Gasteiger partial charge in [0.2, 0.25) is 10.0 Å². The van der Waals surface area contributed by atoms with Gasteiger partial charge in [0, 0.05) is 18.9 Å². The summed E-state index contributed by atoms with van der Waals surface area (Å²) in [4.78, 5) is 4.01. The van der Waals surface area contributed by atoms with Gasteiger partial charge in [-0.3, -0.25) is 4.98 Å². The van der Waals surface area contributed by atoms with Gasteiger partial charge in [0.25, 0.3) is 0 Å². The molecule has 0 N–H and O–H groups in total. The first-order chi connectivity index (χ1) is 10.6. The van der Waals surface area contributed by atoms with Crippen LogP contribution < -0.4 is 0 Å². The highest BCUT2D eigenvalue weighted by molar-refractivity contribution is 7.89. The van der Waals surface area contributed by atoms with Gasteiger partial charge in [-0.05, 0) is 29.8 Å². The summed E-state index contributed by atoms with van der Waals surface area (Å²) in [7, 11) is -3.68. The lowest BCUT2D eigenvalue weighted by atomic mass is 10.1. The average Bonchev–Trinajstić information content (AvgIpc) is 2.56. The fraction of sp³-hybridized carbons (Fsp3) is 0.267. The Hall–Kier alpha value is -1.83. The summed E-state index contributed by atoms with van der Waals surface area (Å²) >= 11 is 0. The Morgan fingerprint density at radius 3 is 2.73 bits per heavy atom. The van der Waals surface area contributed by atoms with Crippen LogP contribution in [0.3, 0.4) is 0 Å². The molecule has 0 saturated carbocycles. The molecule has 1 saturated heterocycles. The smallest absolute Gasteiger partial charge is 0.243 e. The number of hydrogen-bond acceptors (Lipinski definition) is 4. The van der Waals surface area contributed by atoms with E-state index in [-0.39, 0.29) is 18.0 Å². The number of ether oxygens (including phenoxy) is 1. The van der Waals surface area contributed by atoms with Gasteiger partial charge in [-0.1, -0.05) is 12.1 Å². The van der Waals surface area contributed by atoms with Gasteiger partial charge in [0.15, 0.2) is 0 Å². The first-order valence-electron chi connectivity index (χ1n) is 6.84. The standard InChI is InChI=1S/C15H15FN2O3S/c16-13-3-1-2-12(10-13)15-11-21-9-8-18(15)22(19,20)14-4-6-17-7-5-14/h1-7,10,15H,8-9,11H2. The zero-order chi connectivity index (χ0) is 15.6. The monoisotopic (exact) mass is 322 g/mol. The molecule has 0 bridgehead atoms. The topological polar surface area (TPSA) is 59.5 Å². The third kappa shape index (κ3) is 2.87. The lowest BCUT2D eigenvalue weighted by Crippen LogP contribution is -2.43. The van der Waals surface area contributed by atoms with Crippen molar-refractivity contribution in [2.24, 2.45) is 0 Å². The van der Waals surface area contributed by atoms with E-state index in [0.29, 0.717) is 12.2 Å². The van der Waals surface area contributed by atoms with Crippen LogP contribution in [0.1, 0.15) is 11.6 Å². The Bertz CT molecular complexity index is 752. The maximum Gasteiger partial charge on any atom is 0.243 e. The maximum absolute atomic E-state index is 13.5. The van der Waals surface area contributed by atoms with E-state index in [1.807, 2.05) is 0 Å². The molecule has 0 aliphatic carbocycles. The molecule has 1 atom stereocenters. The quantitative estimate of drug-likeness (QED) is 0.867. The van der Waals surface area contributed by atoms with E-state index in [1.165, 1.54) is 41.0 Å². The van der Waals surface area contributed by atoms with Crippen LogP contribution >= 0.6 is 0 Å². The number of hydrogen-bond donors (Lipinski definition) is 0. The van der Waals surface area contributed by atoms with Crippen LogP contribution in [0.5, 0.6) is 0 Å². The third-order valence-electron chi connectivity index (χ3n) is 3.57. The van der Waals surface area contributed by atoms with Crippen LogP contribution in [0.4, 0.5) is 4.39 Å². The molecule has 22 heavy (non-hydrogen) atoms. The summed E-state index contributed by atoms with van der Waals surface area (Å²) < 4.78 is 45.8. The number of morpholine rings is 1. The molecule has 1 aliphatic heterocycles. The van der Waals surface area contributed by atoms with E-state index in [1.54, 1.807) is 12.1 Å². The Morgan fingerprint density at radius 1 is 1.23 bits per heavy atom. The van der Waals surface area contributed by atoms with Crippen LogP contribution in [0.25, 0.3) is 0 Å². The second-order valence-electron chi connectivity index (χ2n) is 4.94. The molecule has 116 valence electrons. The van der Waals surface area contributed by atoms with Gasteiger partial charge in [-0.15, -0.1) is 0 Å². The van der Waals surface area contributed by atoms with Crippen molar-refractivity contribution < 1.29 is 17.5 Å². The molecule has 1 unspecified atom stereocenters. The first-order valence-corrected chi connectivity index (χ1v) is 8.28. The van der Waals surface area contributed by atoms with Crippen LogP contribution in [-0.4, -0.2) is 37.5 Å². The number of rotatable bonds is 3. The SMILES string of the molecule is O=S(=O)(c1ccncc1)N1CCOCC1c1cccc(F)c1. The normalized spacial score (nSPS) is 20.0. The molecule has 0 radical (unpaired) electrons. The summed E-state index contributed by atoms with van der Waals surface area (Å²) in [6.07, 6.45) is 2.87. The molecular weight excluding hydrogens is 307 g/mol. The molecule has 0 spiro atoms. The van der Waals surface area contributed by atoms with E-state index in [0.717, 1.165) is 0 Å². The average molecular weight is 322 g/mol. The van der Waals surface area contributed by atoms with Gasteiger partial charge >= 0.3 is 0 Å². The minimum Gasteiger partial charge on any atom is -0.378 e. The van der Waals surface area contributed by atoms with Crippen molar-refractivity contribution >= 4 is 10.0 Å². The van der Waals surface area contributed by atoms with Crippen LogP contribution in [-0.2, 0) is 14.8 Å². The van der Waals surface area contributed by atoms with Crippen molar-refractivity contribution in [2.75, 3.05) is 19.8 Å². The zero-order valence-corrected chi connectivity index (χ0v) is 12.5. The van der Waals surface area contributed by atoms with Crippen molar-refractivity contribution in [2.45, 2.75) is 10.9 Å². The molecule has 2 heterocycles. The van der Waals surface area contributed by atoms with Crippen LogP contribution in [0.15, 0.2) is 53.7 Å². The molecule has 7 heteroatoms. The molecule has 1 fully saturated rings. The Morgan fingerprint density at radius 2 is 2.00 bits per heavy atom. The van der Waals surface area contributed by atoms with Crippen molar-refractivity contribution in [3.05, 3.63) is 60.2 Å². The van der Waals surface area contributed by atoms with Crippen molar-refractivity contribution in [3.8, 4) is 0 Å². The molecule has 1 aromatic heterocycles. The Balaban J connectivity index is 2.00. The highest BCUT2D eigenvalue weighted by Crippen LogP contribution is 2.30. The minimum atomic E-state index is -3.68. The predicted molar refractivity (Wildman–Crippen MR) is 78.1 cm³/mol. The molecule has 1 aliphatic rings. The second-order valence-corrected chi connectivity index (χ2v) is 6.83. The molecule has 1 aromatic carbocycles. The first kappa shape index (κ1) is 15.1. The molecule has 0 amide bonds. The van der Waals surface area contributed by atoms with Crippen LogP contribution in [0, 0.1) is 5.82 Å². The number of benzene rings is 1. The zero-order valence-electron chi connectivity index (χ0n) is 11.7. The molecule has 5 nitrogen and oxygen atoms in total. The number of aromatic nitrogens is 1. The lowest BCUT2D eigenvalue weighted by Gasteiger charge is -2.34. The summed E-state index contributed by atoms with van der Waals surface area (Å²) in [5.41, 5.74) is 0.581. The summed E-state index contributed by atoms with van der Waals surface area (Å²) in [5, 5.41) is 0. The maximum atomic E-state index is 13.5. The van der Waals surface area contributed by atoms with Gasteiger partial charge in [-0.25, -0.2) is 12.8 Å². The van der Waals surface area contributed by atoms with Crippen molar-refractivity contribution in [1.29, 1.82) is 0 Å². The number of nitrogens with zero attached hydrogens (tertiary/aromatic N) is 2. The lowest BCUT2D eigenvalue weighted by molar-refractivity contribution is 0.0320. The summed E-state index contributed by atoms with van der Waals surface area (Å²) in [5.74, 6) is -0.399. The highest BCUT2D eigenvalue weighted by Gasteiger charge is 2.35. The second kappa shape index (κ2) is 6.12. The minimum absolute atomic E-state index is 0.172. The van der Waals surface area contributed by atoms with E-state index in [2.05, 4.69) is 4.98 Å². The van der Waals surface area contributed by atoms with E-state index in [4.69, 9.17) is 4.74 Å². The summed E-state index contributed by atoms with van der Waals surface area (Å²) in [6.45, 7) is 0.746. The largest absolute Gasteiger partial charge is 0.378 e. The van der Waals surface area contributed by atoms with Crippen molar-refractivity contribution in [1.82, 2.24) is 9.29 Å². The predicted octanol–water partition coefficient (Wildman–Crippen LogP) is 1.98. The number of sulfonamides is 1. The van der Waals surface area contributed by atoms with Crippen LogP contribution in [0.2, 0.25) is 0 Å². The van der Waals surface area contributed by atoms with E-state index >= 15 is 0 Å². The number of pyridine rings is 1. The highest BCUT2D eigenvalue weighted by atomic mass is 32.2. The van der Waals surface area contributed by atoms with E-state index < -0.39 is 21.9 Å². The van der Waals surface area contributed by atoms with E-state index in [9.17, 15) is 12.8 Å². The molecule has 2 aromatic rings. The third-order valence-corrected chi connectivity index (χ3v) is 5.49. The fourth-order valence-corrected chi connectivity index (χ4v) is 4.07. The number of halogens is 1. The molecule has 3 rings (SSSR count). The van der Waals surface area contributed by atoms with Gasteiger partial charge in [-0.2, -0.15) is 4.31 Å². The van der Waals surface area contributed by atoms with Crippen molar-refractivity contribution in [3.63, 3.8) is 0 Å².